The summed E-state index contributed by atoms with van der Waals surface area (Å²) < 4.78 is 24.5. The second kappa shape index (κ2) is 9.96. The molecule has 1 fully saturated rings. The van der Waals surface area contributed by atoms with Crippen LogP contribution in [0.5, 0.6) is 0 Å². The Kier molecular flexibility index (Phi) is 7.89. The monoisotopic (exact) mass is 308 g/mol. The fourth-order valence-electron chi connectivity index (χ4n) is 2.89. The molecule has 0 radical (unpaired) electrons. The average molecular weight is 308 g/mol. The van der Waals surface area contributed by atoms with Crippen LogP contribution in [-0.4, -0.2) is 19.5 Å². The van der Waals surface area contributed by atoms with Crippen LogP contribution in [0.3, 0.4) is 0 Å². The molecular weight excluding hydrogens is 279 g/mol. The van der Waals surface area contributed by atoms with Gasteiger partial charge >= 0.3 is 0 Å². The van der Waals surface area contributed by atoms with Crippen LogP contribution in [0.2, 0.25) is 0 Å². The zero-order valence-corrected chi connectivity index (χ0v) is 13.7. The number of benzene rings is 1. The topological polar surface area (TPSA) is 18.5 Å². The van der Waals surface area contributed by atoms with E-state index in [1.54, 1.807) is 0 Å². The summed E-state index contributed by atoms with van der Waals surface area (Å²) in [7, 11) is 0. The van der Waals surface area contributed by atoms with Crippen molar-refractivity contribution in [2.24, 2.45) is 5.92 Å². The van der Waals surface area contributed by atoms with E-state index in [2.05, 4.69) is 6.92 Å². The Hall–Kier alpha value is -0.930. The number of ether oxygens (including phenoxy) is 2. The number of hydrogen-bond acceptors (Lipinski definition) is 2. The average Bonchev–Trinajstić information content (AvgIpc) is 2.55. The zero-order valence-electron chi connectivity index (χ0n) is 13.7. The molecule has 0 N–H and O–H groups in total. The molecular formula is C19H29FO2. The third kappa shape index (κ3) is 6.45. The molecule has 0 spiro atoms. The van der Waals surface area contributed by atoms with Crippen LogP contribution >= 0.6 is 0 Å². The van der Waals surface area contributed by atoms with E-state index in [0.29, 0.717) is 5.92 Å². The highest BCUT2D eigenvalue weighted by Gasteiger charge is 2.21. The van der Waals surface area contributed by atoms with Crippen LogP contribution in [0.25, 0.3) is 0 Å². The van der Waals surface area contributed by atoms with Crippen molar-refractivity contribution in [3.05, 3.63) is 35.6 Å². The fraction of sp³-hybridized carbons (Fsp3) is 0.684. The van der Waals surface area contributed by atoms with Gasteiger partial charge in [0.15, 0.2) is 6.29 Å². The lowest BCUT2D eigenvalue weighted by atomic mass is 10.0. The van der Waals surface area contributed by atoms with Gasteiger partial charge in [0, 0.05) is 12.3 Å². The summed E-state index contributed by atoms with van der Waals surface area (Å²) in [6.07, 6.45) is 9.45. The van der Waals surface area contributed by atoms with Crippen molar-refractivity contribution in [1.82, 2.24) is 0 Å². The lowest BCUT2D eigenvalue weighted by Gasteiger charge is -2.29. The van der Waals surface area contributed by atoms with Gasteiger partial charge in [-0.05, 0) is 30.5 Å². The molecule has 124 valence electrons. The van der Waals surface area contributed by atoms with Crippen molar-refractivity contribution in [1.29, 1.82) is 0 Å². The minimum atomic E-state index is -0.185. The molecule has 3 heteroatoms. The van der Waals surface area contributed by atoms with Gasteiger partial charge in [-0.3, -0.25) is 0 Å². The largest absolute Gasteiger partial charge is 0.352 e. The minimum absolute atomic E-state index is 0.0959. The standard InChI is InChI=1S/C19H29FO2/c1-2-3-4-5-6-7-17-14-21-19(22-15-17)13-10-16-8-11-18(20)12-9-16/h8-9,11-12,17,19H,2-7,10,13-15H2,1H3. The number of aryl methyl sites for hydroxylation is 1. The first kappa shape index (κ1) is 17.4. The Bertz CT molecular complexity index is 396. The quantitative estimate of drug-likeness (QED) is 0.590. The third-order valence-electron chi connectivity index (χ3n) is 4.33. The summed E-state index contributed by atoms with van der Waals surface area (Å²) in [6, 6.07) is 6.67. The molecule has 1 aromatic rings. The molecule has 0 saturated carbocycles. The lowest BCUT2D eigenvalue weighted by Crippen LogP contribution is -2.32. The molecule has 1 heterocycles. The zero-order chi connectivity index (χ0) is 15.6. The first-order valence-electron chi connectivity index (χ1n) is 8.75. The summed E-state index contributed by atoms with van der Waals surface area (Å²) in [6.45, 7) is 3.89. The third-order valence-corrected chi connectivity index (χ3v) is 4.33. The van der Waals surface area contributed by atoms with Gasteiger partial charge in [-0.15, -0.1) is 0 Å². The molecule has 2 rings (SSSR count). The highest BCUT2D eigenvalue weighted by Crippen LogP contribution is 2.20. The molecule has 22 heavy (non-hydrogen) atoms. The maximum absolute atomic E-state index is 12.8. The van der Waals surface area contributed by atoms with Crippen molar-refractivity contribution in [2.75, 3.05) is 13.2 Å². The van der Waals surface area contributed by atoms with Gasteiger partial charge in [0.1, 0.15) is 5.82 Å². The number of halogens is 1. The molecule has 0 amide bonds. The predicted molar refractivity (Wildman–Crippen MR) is 87.3 cm³/mol. The van der Waals surface area contributed by atoms with Crippen molar-refractivity contribution >= 4 is 0 Å². The Morgan fingerprint density at radius 3 is 2.32 bits per heavy atom. The van der Waals surface area contributed by atoms with Gasteiger partial charge in [0.2, 0.25) is 0 Å². The predicted octanol–water partition coefficient (Wildman–Crippen LogP) is 5.11. The molecule has 0 bridgehead atoms. The normalized spacial score (nSPS) is 21.9. The first-order chi connectivity index (χ1) is 10.8. The smallest absolute Gasteiger partial charge is 0.157 e. The van der Waals surface area contributed by atoms with Gasteiger partial charge < -0.3 is 9.47 Å². The summed E-state index contributed by atoms with van der Waals surface area (Å²) in [5, 5.41) is 0. The van der Waals surface area contributed by atoms with Crippen LogP contribution in [0.15, 0.2) is 24.3 Å². The number of rotatable bonds is 9. The van der Waals surface area contributed by atoms with E-state index < -0.39 is 0 Å². The lowest BCUT2D eigenvalue weighted by molar-refractivity contribution is -0.203. The molecule has 0 atom stereocenters. The Morgan fingerprint density at radius 1 is 0.955 bits per heavy atom. The second-order valence-corrected chi connectivity index (χ2v) is 6.33. The van der Waals surface area contributed by atoms with Crippen LogP contribution < -0.4 is 0 Å². The van der Waals surface area contributed by atoms with E-state index in [1.165, 1.54) is 50.7 Å². The Morgan fingerprint density at radius 2 is 1.64 bits per heavy atom. The molecule has 1 aliphatic heterocycles. The minimum Gasteiger partial charge on any atom is -0.352 e. The van der Waals surface area contributed by atoms with Crippen LogP contribution in [0.4, 0.5) is 4.39 Å². The van der Waals surface area contributed by atoms with Crippen molar-refractivity contribution in [3.63, 3.8) is 0 Å². The van der Waals surface area contributed by atoms with Gasteiger partial charge in [0.25, 0.3) is 0 Å². The van der Waals surface area contributed by atoms with Gasteiger partial charge in [-0.2, -0.15) is 0 Å². The highest BCUT2D eigenvalue weighted by molar-refractivity contribution is 5.16. The second-order valence-electron chi connectivity index (χ2n) is 6.33. The van der Waals surface area contributed by atoms with Gasteiger partial charge in [0.05, 0.1) is 13.2 Å². The van der Waals surface area contributed by atoms with Crippen molar-refractivity contribution in [2.45, 2.75) is 64.6 Å². The van der Waals surface area contributed by atoms with E-state index >= 15 is 0 Å². The van der Waals surface area contributed by atoms with E-state index in [-0.39, 0.29) is 12.1 Å². The molecule has 0 aliphatic carbocycles. The van der Waals surface area contributed by atoms with Crippen molar-refractivity contribution < 1.29 is 13.9 Å². The SMILES string of the molecule is CCCCCCCC1COC(CCc2ccc(F)cc2)OC1. The summed E-state index contributed by atoms with van der Waals surface area (Å²) in [4.78, 5) is 0. The maximum atomic E-state index is 12.8. The van der Waals surface area contributed by atoms with E-state index in [1.807, 2.05) is 12.1 Å². The van der Waals surface area contributed by atoms with Gasteiger partial charge in [-0.1, -0.05) is 51.2 Å². The summed E-state index contributed by atoms with van der Waals surface area (Å²) in [5.41, 5.74) is 1.13. The first-order valence-corrected chi connectivity index (χ1v) is 8.75. The summed E-state index contributed by atoms with van der Waals surface area (Å²) >= 11 is 0. The highest BCUT2D eigenvalue weighted by atomic mass is 19.1. The molecule has 0 aromatic heterocycles. The molecule has 1 aromatic carbocycles. The van der Waals surface area contributed by atoms with Gasteiger partial charge in [-0.25, -0.2) is 4.39 Å². The Labute approximate surface area is 134 Å². The number of unbranched alkanes of at least 4 members (excludes halogenated alkanes) is 4. The Balaban J connectivity index is 1.56. The van der Waals surface area contributed by atoms with Crippen LogP contribution in [0, 0.1) is 11.7 Å². The molecule has 2 nitrogen and oxygen atoms in total. The van der Waals surface area contributed by atoms with E-state index in [4.69, 9.17) is 9.47 Å². The maximum Gasteiger partial charge on any atom is 0.157 e. The fourth-order valence-corrected chi connectivity index (χ4v) is 2.89. The number of hydrogen-bond donors (Lipinski definition) is 0. The molecule has 1 aliphatic rings. The van der Waals surface area contributed by atoms with Crippen molar-refractivity contribution in [3.8, 4) is 0 Å². The van der Waals surface area contributed by atoms with Crippen LogP contribution in [-0.2, 0) is 15.9 Å². The van der Waals surface area contributed by atoms with Crippen LogP contribution in [0.1, 0.15) is 57.4 Å². The van der Waals surface area contributed by atoms with E-state index in [9.17, 15) is 4.39 Å². The molecule has 0 unspecified atom stereocenters. The molecule has 1 saturated heterocycles. The van der Waals surface area contributed by atoms with E-state index in [0.717, 1.165) is 31.6 Å². The summed E-state index contributed by atoms with van der Waals surface area (Å²) in [5.74, 6) is 0.374.